The molecule has 3 heterocycles. The van der Waals surface area contributed by atoms with Crippen LogP contribution in [0.4, 0.5) is 5.82 Å². The molecule has 31 heavy (non-hydrogen) atoms. The lowest BCUT2D eigenvalue weighted by molar-refractivity contribution is -0.118. The summed E-state index contributed by atoms with van der Waals surface area (Å²) in [5.41, 5.74) is 1.97. The Kier molecular flexibility index (Phi) is 4.57. The van der Waals surface area contributed by atoms with Crippen molar-refractivity contribution in [1.29, 1.82) is 0 Å². The first-order valence-corrected chi connectivity index (χ1v) is 10.8. The summed E-state index contributed by atoms with van der Waals surface area (Å²) < 4.78 is 6.41. The van der Waals surface area contributed by atoms with Crippen LogP contribution in [0.15, 0.2) is 56.9 Å². The highest BCUT2D eigenvalue weighted by atomic mass is 35.5. The number of carbonyl (C=O) groups is 1. The number of rotatable bonds is 2. The van der Waals surface area contributed by atoms with E-state index < -0.39 is 5.92 Å². The smallest absolute Gasteiger partial charge is 0.258 e. The number of halogens is 1. The largest absolute Gasteiger partial charge is 0.460 e. The van der Waals surface area contributed by atoms with Gasteiger partial charge in [-0.05, 0) is 48.3 Å². The minimum atomic E-state index is -0.637. The zero-order valence-electron chi connectivity index (χ0n) is 17.0. The molecule has 1 atom stereocenters. The van der Waals surface area contributed by atoms with Gasteiger partial charge in [-0.1, -0.05) is 37.6 Å². The molecule has 1 aliphatic carbocycles. The Morgan fingerprint density at radius 2 is 1.87 bits per heavy atom. The van der Waals surface area contributed by atoms with E-state index in [4.69, 9.17) is 28.2 Å². The van der Waals surface area contributed by atoms with Gasteiger partial charge in [-0.25, -0.2) is 0 Å². The molecule has 8 heteroatoms. The van der Waals surface area contributed by atoms with Gasteiger partial charge in [-0.3, -0.25) is 14.6 Å². The Bertz CT molecular complexity index is 1380. The third-order valence-corrected chi connectivity index (χ3v) is 6.34. The zero-order valence-corrected chi connectivity index (χ0v) is 18.5. The molecule has 0 saturated heterocycles. The maximum Gasteiger partial charge on any atom is 0.258 e. The highest BCUT2D eigenvalue weighted by Crippen LogP contribution is 2.48. The van der Waals surface area contributed by atoms with E-state index in [0.29, 0.717) is 46.3 Å². The quantitative estimate of drug-likeness (QED) is 0.443. The molecule has 6 nitrogen and oxygen atoms in total. The normalized spacial score (nSPS) is 19.6. The first-order valence-electron chi connectivity index (χ1n) is 9.98. The third kappa shape index (κ3) is 3.38. The summed E-state index contributed by atoms with van der Waals surface area (Å²) in [7, 11) is 0. The number of furan rings is 1. The van der Waals surface area contributed by atoms with Crippen LogP contribution < -0.4 is 10.9 Å². The van der Waals surface area contributed by atoms with Gasteiger partial charge in [0, 0.05) is 23.3 Å². The van der Waals surface area contributed by atoms with Crippen molar-refractivity contribution in [3.8, 4) is 11.3 Å². The summed E-state index contributed by atoms with van der Waals surface area (Å²) in [6.45, 7) is 4.12. The molecule has 0 amide bonds. The number of allylic oxidation sites excluding steroid dienone is 2. The van der Waals surface area contributed by atoms with Crippen LogP contribution >= 0.6 is 23.8 Å². The van der Waals surface area contributed by atoms with Gasteiger partial charge in [0.25, 0.3) is 5.56 Å². The van der Waals surface area contributed by atoms with Crippen LogP contribution in [0, 0.1) is 10.2 Å². The van der Waals surface area contributed by atoms with Crippen molar-refractivity contribution in [2.75, 3.05) is 5.32 Å². The fourth-order valence-corrected chi connectivity index (χ4v) is 4.97. The molecular weight excluding hydrogens is 434 g/mol. The first-order chi connectivity index (χ1) is 14.7. The minimum Gasteiger partial charge on any atom is -0.460 e. The van der Waals surface area contributed by atoms with Gasteiger partial charge >= 0.3 is 0 Å². The Labute approximate surface area is 188 Å². The summed E-state index contributed by atoms with van der Waals surface area (Å²) in [5, 5.41) is 3.83. The van der Waals surface area contributed by atoms with Gasteiger partial charge in [0.1, 0.15) is 17.3 Å². The molecule has 3 aromatic rings. The van der Waals surface area contributed by atoms with E-state index >= 15 is 0 Å². The lowest BCUT2D eigenvalue weighted by atomic mass is 9.70. The molecule has 2 aliphatic rings. The number of hydrogen-bond donors (Lipinski definition) is 3. The van der Waals surface area contributed by atoms with Gasteiger partial charge in [0.05, 0.1) is 16.5 Å². The summed E-state index contributed by atoms with van der Waals surface area (Å²) in [6.07, 6.45) is 1.08. The van der Waals surface area contributed by atoms with Crippen molar-refractivity contribution in [3.63, 3.8) is 0 Å². The van der Waals surface area contributed by atoms with Gasteiger partial charge < -0.3 is 14.7 Å². The fourth-order valence-electron chi connectivity index (χ4n) is 4.54. The SMILES string of the molecule is CC1(C)CC(=O)C2=C(C1)Nc1[nH]c(=S)[nH]c(=O)c1C2c1ccc(-c2ccccc2Cl)o1. The number of anilines is 1. The second-order valence-corrected chi connectivity index (χ2v) is 9.59. The summed E-state index contributed by atoms with van der Waals surface area (Å²) in [6, 6.07) is 11.0. The number of H-pyrrole nitrogens is 2. The molecule has 0 radical (unpaired) electrons. The number of ketones is 1. The van der Waals surface area contributed by atoms with Gasteiger partial charge in [-0.2, -0.15) is 0 Å². The van der Waals surface area contributed by atoms with Gasteiger partial charge in [0.15, 0.2) is 10.6 Å². The van der Waals surface area contributed by atoms with Crippen LogP contribution in [-0.2, 0) is 4.79 Å². The van der Waals surface area contributed by atoms with E-state index in [-0.39, 0.29) is 21.5 Å². The molecule has 1 aliphatic heterocycles. The van der Waals surface area contributed by atoms with Crippen LogP contribution in [-0.4, -0.2) is 15.8 Å². The van der Waals surface area contributed by atoms with Gasteiger partial charge in [-0.15, -0.1) is 0 Å². The molecule has 0 fully saturated rings. The van der Waals surface area contributed by atoms with Crippen molar-refractivity contribution in [2.24, 2.45) is 5.41 Å². The topological polar surface area (TPSA) is 90.9 Å². The second-order valence-electron chi connectivity index (χ2n) is 8.77. The molecule has 3 N–H and O–H groups in total. The summed E-state index contributed by atoms with van der Waals surface area (Å²) in [4.78, 5) is 31.8. The number of carbonyl (C=O) groups excluding carboxylic acids is 1. The van der Waals surface area contributed by atoms with Crippen molar-refractivity contribution >= 4 is 35.4 Å². The zero-order chi connectivity index (χ0) is 21.9. The van der Waals surface area contributed by atoms with Crippen LogP contribution in [0.5, 0.6) is 0 Å². The molecule has 0 bridgehead atoms. The molecule has 5 rings (SSSR count). The number of fused-ring (bicyclic) bond motifs is 1. The predicted octanol–water partition coefficient (Wildman–Crippen LogP) is 5.55. The van der Waals surface area contributed by atoms with Crippen LogP contribution in [0.1, 0.15) is 43.9 Å². The van der Waals surface area contributed by atoms with E-state index in [2.05, 4.69) is 29.1 Å². The average molecular weight is 454 g/mol. The number of aromatic amines is 2. The van der Waals surface area contributed by atoms with Crippen LogP contribution in [0.3, 0.4) is 0 Å². The van der Waals surface area contributed by atoms with E-state index in [9.17, 15) is 9.59 Å². The second kappa shape index (κ2) is 7.07. The number of hydrogen-bond acceptors (Lipinski definition) is 5. The monoisotopic (exact) mass is 453 g/mol. The van der Waals surface area contributed by atoms with Crippen molar-refractivity contribution in [1.82, 2.24) is 9.97 Å². The molecule has 0 saturated carbocycles. The molecule has 0 spiro atoms. The number of aromatic nitrogens is 2. The fraction of sp³-hybridized carbons (Fsp3) is 0.261. The molecular formula is C23H20ClN3O3S. The highest BCUT2D eigenvalue weighted by molar-refractivity contribution is 7.71. The molecule has 158 valence electrons. The highest BCUT2D eigenvalue weighted by Gasteiger charge is 2.43. The predicted molar refractivity (Wildman–Crippen MR) is 122 cm³/mol. The maximum atomic E-state index is 13.2. The van der Waals surface area contributed by atoms with E-state index in [1.807, 2.05) is 24.3 Å². The Balaban J connectivity index is 1.72. The first kappa shape index (κ1) is 20.0. The third-order valence-electron chi connectivity index (χ3n) is 5.80. The van der Waals surface area contributed by atoms with E-state index in [1.54, 1.807) is 12.1 Å². The van der Waals surface area contributed by atoms with Crippen LogP contribution in [0.25, 0.3) is 11.3 Å². The Morgan fingerprint density at radius 1 is 1.10 bits per heavy atom. The van der Waals surface area contributed by atoms with Gasteiger partial charge in [0.2, 0.25) is 0 Å². The molecule has 1 unspecified atom stereocenters. The lowest BCUT2D eigenvalue weighted by Crippen LogP contribution is -2.36. The number of Topliss-reactive ketones (excluding diaryl/α,β-unsaturated/α-hetero) is 1. The van der Waals surface area contributed by atoms with E-state index in [1.165, 1.54) is 0 Å². The standard InChI is InChI=1S/C23H20ClN3O3S/c1-23(2)9-13-17(14(28)10-23)18(19-20(25-13)26-22(31)27-21(19)29)16-8-7-15(30-16)11-5-3-4-6-12(11)24/h3-8,18H,9-10H2,1-2H3,(H3,25,26,27,29,31). The maximum absolute atomic E-state index is 13.2. The molecule has 1 aromatic carbocycles. The Morgan fingerprint density at radius 3 is 2.65 bits per heavy atom. The lowest BCUT2D eigenvalue weighted by Gasteiger charge is -2.38. The van der Waals surface area contributed by atoms with Crippen molar-refractivity contribution in [2.45, 2.75) is 32.6 Å². The summed E-state index contributed by atoms with van der Waals surface area (Å²) >= 11 is 11.5. The van der Waals surface area contributed by atoms with Crippen molar-refractivity contribution < 1.29 is 9.21 Å². The molecule has 2 aromatic heterocycles. The Hall–Kier alpha value is -2.90. The number of nitrogens with one attached hydrogen (secondary N) is 3. The number of benzene rings is 1. The van der Waals surface area contributed by atoms with E-state index in [0.717, 1.165) is 11.3 Å². The summed E-state index contributed by atoms with van der Waals surface area (Å²) in [5.74, 6) is 0.952. The van der Waals surface area contributed by atoms with Crippen molar-refractivity contribution in [3.05, 3.63) is 79.1 Å². The van der Waals surface area contributed by atoms with Crippen LogP contribution in [0.2, 0.25) is 5.02 Å². The average Bonchev–Trinajstić information content (AvgIpc) is 3.15. The minimum absolute atomic E-state index is 0.00643.